The van der Waals surface area contributed by atoms with E-state index in [4.69, 9.17) is 9.47 Å². The maximum Gasteiger partial charge on any atom is 0.409 e. The van der Waals surface area contributed by atoms with Gasteiger partial charge in [0.2, 0.25) is 0 Å². The first-order valence-electron chi connectivity index (χ1n) is 8.74. The Balaban J connectivity index is 1.83. The Morgan fingerprint density at radius 1 is 1.08 bits per heavy atom. The SMILES string of the molecule is CCOC(=O)N1CCN(C(=O)COc2cccc(C(C)(C)C)c2)CC1. The maximum absolute atomic E-state index is 12.3. The quantitative estimate of drug-likeness (QED) is 0.839. The van der Waals surface area contributed by atoms with Gasteiger partial charge in [-0.15, -0.1) is 0 Å². The molecule has 0 saturated carbocycles. The molecular weight excluding hydrogens is 320 g/mol. The summed E-state index contributed by atoms with van der Waals surface area (Å²) >= 11 is 0. The van der Waals surface area contributed by atoms with E-state index in [9.17, 15) is 9.59 Å². The van der Waals surface area contributed by atoms with Crippen molar-refractivity contribution in [1.82, 2.24) is 9.80 Å². The van der Waals surface area contributed by atoms with Crippen molar-refractivity contribution in [3.8, 4) is 5.75 Å². The Labute approximate surface area is 149 Å². The number of piperazine rings is 1. The smallest absolute Gasteiger partial charge is 0.409 e. The van der Waals surface area contributed by atoms with E-state index < -0.39 is 0 Å². The highest BCUT2D eigenvalue weighted by Gasteiger charge is 2.25. The molecule has 0 bridgehead atoms. The zero-order valence-electron chi connectivity index (χ0n) is 15.6. The summed E-state index contributed by atoms with van der Waals surface area (Å²) in [6.07, 6.45) is -0.315. The zero-order chi connectivity index (χ0) is 18.4. The third-order valence-corrected chi connectivity index (χ3v) is 4.22. The van der Waals surface area contributed by atoms with Crippen molar-refractivity contribution in [1.29, 1.82) is 0 Å². The van der Waals surface area contributed by atoms with E-state index in [-0.39, 0.29) is 24.0 Å². The van der Waals surface area contributed by atoms with Crippen LogP contribution in [0.5, 0.6) is 5.75 Å². The molecule has 1 fully saturated rings. The van der Waals surface area contributed by atoms with Gasteiger partial charge in [0.05, 0.1) is 6.61 Å². The topological polar surface area (TPSA) is 59.1 Å². The van der Waals surface area contributed by atoms with Gasteiger partial charge < -0.3 is 19.3 Å². The van der Waals surface area contributed by atoms with Gasteiger partial charge in [0, 0.05) is 26.2 Å². The van der Waals surface area contributed by atoms with Crippen molar-refractivity contribution in [2.45, 2.75) is 33.1 Å². The molecule has 0 unspecified atom stereocenters. The van der Waals surface area contributed by atoms with Gasteiger partial charge in [-0.2, -0.15) is 0 Å². The van der Waals surface area contributed by atoms with E-state index in [2.05, 4.69) is 26.8 Å². The average Bonchev–Trinajstić information content (AvgIpc) is 2.59. The molecule has 1 aliphatic heterocycles. The van der Waals surface area contributed by atoms with E-state index in [1.54, 1.807) is 16.7 Å². The standard InChI is InChI=1S/C19H28N2O4/c1-5-24-18(23)21-11-9-20(10-12-21)17(22)14-25-16-8-6-7-15(13-16)19(2,3)4/h6-8,13H,5,9-12,14H2,1-4H3. The fraction of sp³-hybridized carbons (Fsp3) is 0.579. The average molecular weight is 348 g/mol. The molecule has 25 heavy (non-hydrogen) atoms. The summed E-state index contributed by atoms with van der Waals surface area (Å²) in [6.45, 7) is 10.6. The van der Waals surface area contributed by atoms with Crippen LogP contribution in [-0.4, -0.2) is 61.2 Å². The molecule has 0 N–H and O–H groups in total. The zero-order valence-corrected chi connectivity index (χ0v) is 15.6. The van der Waals surface area contributed by atoms with E-state index in [0.717, 1.165) is 0 Å². The van der Waals surface area contributed by atoms with Gasteiger partial charge in [0.1, 0.15) is 5.75 Å². The van der Waals surface area contributed by atoms with Crippen LogP contribution in [-0.2, 0) is 14.9 Å². The molecule has 2 amide bonds. The van der Waals surface area contributed by atoms with Crippen LogP contribution in [0.4, 0.5) is 4.79 Å². The van der Waals surface area contributed by atoms with Gasteiger partial charge in [-0.25, -0.2) is 4.79 Å². The molecule has 1 aromatic carbocycles. The number of benzene rings is 1. The van der Waals surface area contributed by atoms with Crippen LogP contribution in [0, 0.1) is 0 Å². The molecule has 1 aromatic rings. The Bertz CT molecular complexity index is 602. The molecule has 0 aromatic heterocycles. The fourth-order valence-electron chi connectivity index (χ4n) is 2.64. The van der Waals surface area contributed by atoms with Crippen LogP contribution in [0.2, 0.25) is 0 Å². The van der Waals surface area contributed by atoms with Crippen LogP contribution in [0.15, 0.2) is 24.3 Å². The lowest BCUT2D eigenvalue weighted by Crippen LogP contribution is -2.51. The molecule has 138 valence electrons. The van der Waals surface area contributed by atoms with E-state index in [0.29, 0.717) is 38.5 Å². The van der Waals surface area contributed by atoms with Gasteiger partial charge in [0.25, 0.3) is 5.91 Å². The van der Waals surface area contributed by atoms with Crippen molar-refractivity contribution in [3.63, 3.8) is 0 Å². The molecule has 1 saturated heterocycles. The first-order chi connectivity index (χ1) is 11.8. The molecule has 0 atom stereocenters. The number of amides is 2. The highest BCUT2D eigenvalue weighted by molar-refractivity contribution is 5.78. The highest BCUT2D eigenvalue weighted by atomic mass is 16.6. The van der Waals surface area contributed by atoms with Gasteiger partial charge in [-0.1, -0.05) is 32.9 Å². The summed E-state index contributed by atoms with van der Waals surface area (Å²) in [6, 6.07) is 7.84. The first kappa shape index (κ1) is 19.1. The van der Waals surface area contributed by atoms with Crippen LogP contribution in [0.3, 0.4) is 0 Å². The van der Waals surface area contributed by atoms with E-state index in [1.807, 2.05) is 18.2 Å². The lowest BCUT2D eigenvalue weighted by Gasteiger charge is -2.34. The number of rotatable bonds is 4. The predicted octanol–water partition coefficient (Wildman–Crippen LogP) is 2.66. The lowest BCUT2D eigenvalue weighted by molar-refractivity contribution is -0.134. The van der Waals surface area contributed by atoms with Crippen molar-refractivity contribution < 1.29 is 19.1 Å². The molecule has 1 heterocycles. The molecule has 6 nitrogen and oxygen atoms in total. The van der Waals surface area contributed by atoms with Crippen LogP contribution in [0.1, 0.15) is 33.3 Å². The van der Waals surface area contributed by atoms with Gasteiger partial charge in [-0.3, -0.25) is 4.79 Å². The number of hydrogen-bond donors (Lipinski definition) is 0. The monoisotopic (exact) mass is 348 g/mol. The summed E-state index contributed by atoms with van der Waals surface area (Å²) in [5.41, 5.74) is 1.20. The third-order valence-electron chi connectivity index (χ3n) is 4.22. The van der Waals surface area contributed by atoms with Crippen LogP contribution < -0.4 is 4.74 Å². The second-order valence-corrected chi connectivity index (χ2v) is 7.13. The number of carbonyl (C=O) groups excluding carboxylic acids is 2. The number of carbonyl (C=O) groups is 2. The highest BCUT2D eigenvalue weighted by Crippen LogP contribution is 2.25. The minimum absolute atomic E-state index is 0.00695. The predicted molar refractivity (Wildman–Crippen MR) is 95.8 cm³/mol. The largest absolute Gasteiger partial charge is 0.484 e. The molecule has 0 radical (unpaired) electrons. The van der Waals surface area contributed by atoms with E-state index in [1.165, 1.54) is 5.56 Å². The van der Waals surface area contributed by atoms with Crippen molar-refractivity contribution in [2.75, 3.05) is 39.4 Å². The molecule has 2 rings (SSSR count). The molecular formula is C19H28N2O4. The Kier molecular flexibility index (Phi) is 6.28. The van der Waals surface area contributed by atoms with Gasteiger partial charge >= 0.3 is 6.09 Å². The molecule has 6 heteroatoms. The summed E-state index contributed by atoms with van der Waals surface area (Å²) in [7, 11) is 0. The Morgan fingerprint density at radius 3 is 2.32 bits per heavy atom. The summed E-state index contributed by atoms with van der Waals surface area (Å²) in [5, 5.41) is 0. The van der Waals surface area contributed by atoms with Gasteiger partial charge in [-0.05, 0) is 30.0 Å². The summed E-state index contributed by atoms with van der Waals surface area (Å²) in [5.74, 6) is 0.635. The number of ether oxygens (including phenoxy) is 2. The summed E-state index contributed by atoms with van der Waals surface area (Å²) < 4.78 is 10.7. The van der Waals surface area contributed by atoms with Crippen molar-refractivity contribution in [3.05, 3.63) is 29.8 Å². The summed E-state index contributed by atoms with van der Waals surface area (Å²) in [4.78, 5) is 27.3. The Hall–Kier alpha value is -2.24. The second-order valence-electron chi connectivity index (χ2n) is 7.13. The van der Waals surface area contributed by atoms with E-state index >= 15 is 0 Å². The fourth-order valence-corrected chi connectivity index (χ4v) is 2.64. The minimum atomic E-state index is -0.315. The Morgan fingerprint density at radius 2 is 1.72 bits per heavy atom. The number of hydrogen-bond acceptors (Lipinski definition) is 4. The first-order valence-corrected chi connectivity index (χ1v) is 8.74. The molecule has 1 aliphatic rings. The lowest BCUT2D eigenvalue weighted by atomic mass is 9.87. The minimum Gasteiger partial charge on any atom is -0.484 e. The molecule has 0 aliphatic carbocycles. The number of nitrogens with zero attached hydrogens (tertiary/aromatic N) is 2. The van der Waals surface area contributed by atoms with Crippen molar-refractivity contribution >= 4 is 12.0 Å². The third kappa shape index (κ3) is 5.37. The van der Waals surface area contributed by atoms with Gasteiger partial charge in [0.15, 0.2) is 6.61 Å². The normalized spacial score (nSPS) is 15.0. The van der Waals surface area contributed by atoms with Crippen LogP contribution in [0.25, 0.3) is 0 Å². The molecule has 0 spiro atoms. The van der Waals surface area contributed by atoms with Crippen LogP contribution >= 0.6 is 0 Å². The maximum atomic E-state index is 12.3. The second kappa shape index (κ2) is 8.23. The van der Waals surface area contributed by atoms with Crippen molar-refractivity contribution in [2.24, 2.45) is 0 Å².